The lowest BCUT2D eigenvalue weighted by Crippen LogP contribution is -2.43. The number of Topliss-reactive ketones (excluding diaryl/α,β-unsaturated/α-hetero) is 1. The molecule has 22 heavy (non-hydrogen) atoms. The Bertz CT molecular complexity index is 682. The highest BCUT2D eigenvalue weighted by atomic mass is 35.5. The van der Waals surface area contributed by atoms with Gasteiger partial charge in [-0.25, -0.2) is 0 Å². The Kier molecular flexibility index (Phi) is 3.23. The van der Waals surface area contributed by atoms with E-state index in [2.05, 4.69) is 19.2 Å². The molecular formula is C18H22ClNO2. The average molecular weight is 320 g/mol. The molecule has 2 bridgehead atoms. The van der Waals surface area contributed by atoms with E-state index in [1.54, 1.807) is 6.07 Å². The molecule has 1 aromatic carbocycles. The van der Waals surface area contributed by atoms with E-state index in [1.807, 2.05) is 26.0 Å². The maximum atomic E-state index is 13.0. The van der Waals surface area contributed by atoms with Gasteiger partial charge in [0, 0.05) is 22.5 Å². The van der Waals surface area contributed by atoms with Gasteiger partial charge in [0.15, 0.2) is 0 Å². The van der Waals surface area contributed by atoms with Crippen molar-refractivity contribution >= 4 is 29.0 Å². The van der Waals surface area contributed by atoms with Gasteiger partial charge >= 0.3 is 0 Å². The van der Waals surface area contributed by atoms with Crippen LogP contribution in [0.1, 0.15) is 45.6 Å². The van der Waals surface area contributed by atoms with Gasteiger partial charge in [0.25, 0.3) is 0 Å². The van der Waals surface area contributed by atoms with Gasteiger partial charge in [-0.05, 0) is 42.9 Å². The number of hydrogen-bond donors (Lipinski definition) is 1. The summed E-state index contributed by atoms with van der Waals surface area (Å²) < 4.78 is 0. The highest BCUT2D eigenvalue weighted by Crippen LogP contribution is 2.70. The van der Waals surface area contributed by atoms with Gasteiger partial charge in [0.05, 0.1) is 5.41 Å². The van der Waals surface area contributed by atoms with Crippen LogP contribution in [0.2, 0.25) is 5.02 Å². The molecule has 0 aliphatic heterocycles. The number of fused-ring (bicyclic) bond motifs is 2. The summed E-state index contributed by atoms with van der Waals surface area (Å²) in [5, 5.41) is 3.62. The number of ketones is 1. The molecule has 3 nitrogen and oxygen atoms in total. The quantitative estimate of drug-likeness (QED) is 0.879. The molecule has 2 saturated carbocycles. The van der Waals surface area contributed by atoms with E-state index in [1.165, 1.54) is 0 Å². The Morgan fingerprint density at radius 1 is 1.23 bits per heavy atom. The molecule has 0 saturated heterocycles. The molecule has 2 atom stereocenters. The second-order valence-electron chi connectivity index (χ2n) is 7.56. The number of carbonyl (C=O) groups is 2. The number of halogens is 1. The van der Waals surface area contributed by atoms with Crippen LogP contribution in [0.5, 0.6) is 0 Å². The maximum Gasteiger partial charge on any atom is 0.231 e. The van der Waals surface area contributed by atoms with Crippen LogP contribution < -0.4 is 5.32 Å². The first kappa shape index (κ1) is 15.5. The van der Waals surface area contributed by atoms with Gasteiger partial charge in [-0.3, -0.25) is 9.59 Å². The number of aryl methyl sites for hydroxylation is 1. The van der Waals surface area contributed by atoms with Crippen molar-refractivity contribution in [2.24, 2.45) is 16.2 Å². The monoisotopic (exact) mass is 319 g/mol. The second kappa shape index (κ2) is 4.58. The Morgan fingerprint density at radius 2 is 1.91 bits per heavy atom. The van der Waals surface area contributed by atoms with Crippen molar-refractivity contribution in [2.75, 3.05) is 5.32 Å². The predicted molar refractivity (Wildman–Crippen MR) is 88.0 cm³/mol. The van der Waals surface area contributed by atoms with Crippen LogP contribution in [-0.4, -0.2) is 11.7 Å². The van der Waals surface area contributed by atoms with Crippen molar-refractivity contribution < 1.29 is 9.59 Å². The molecule has 0 aromatic heterocycles. The molecule has 0 spiro atoms. The van der Waals surface area contributed by atoms with Crippen LogP contribution in [0.15, 0.2) is 18.2 Å². The number of carbonyl (C=O) groups excluding carboxylic acids is 2. The minimum atomic E-state index is -0.601. The molecule has 118 valence electrons. The van der Waals surface area contributed by atoms with Crippen LogP contribution in [0.4, 0.5) is 5.69 Å². The third kappa shape index (κ3) is 1.75. The molecular weight excluding hydrogens is 298 g/mol. The summed E-state index contributed by atoms with van der Waals surface area (Å²) in [7, 11) is 0. The zero-order chi connectivity index (χ0) is 16.3. The zero-order valence-electron chi connectivity index (χ0n) is 13.5. The topological polar surface area (TPSA) is 46.2 Å². The van der Waals surface area contributed by atoms with Crippen LogP contribution in [0.3, 0.4) is 0 Å². The van der Waals surface area contributed by atoms with E-state index in [0.717, 1.165) is 18.4 Å². The second-order valence-corrected chi connectivity index (χ2v) is 7.96. The summed E-state index contributed by atoms with van der Waals surface area (Å²) in [4.78, 5) is 25.4. The van der Waals surface area contributed by atoms with E-state index in [0.29, 0.717) is 17.1 Å². The Morgan fingerprint density at radius 3 is 2.41 bits per heavy atom. The fraction of sp³-hybridized carbons (Fsp3) is 0.556. The molecule has 3 rings (SSSR count). The lowest BCUT2D eigenvalue weighted by Gasteiger charge is -2.38. The van der Waals surface area contributed by atoms with E-state index >= 15 is 0 Å². The van der Waals surface area contributed by atoms with Crippen molar-refractivity contribution in [3.8, 4) is 0 Å². The number of amides is 1. The van der Waals surface area contributed by atoms with Crippen LogP contribution >= 0.6 is 11.6 Å². The Balaban J connectivity index is 1.92. The number of rotatable bonds is 2. The van der Waals surface area contributed by atoms with E-state index < -0.39 is 5.41 Å². The van der Waals surface area contributed by atoms with Crippen LogP contribution in [0, 0.1) is 23.2 Å². The fourth-order valence-corrected chi connectivity index (χ4v) is 4.46. The molecule has 1 aromatic rings. The molecule has 0 heterocycles. The van der Waals surface area contributed by atoms with Gasteiger partial charge < -0.3 is 5.32 Å². The first-order valence-corrected chi connectivity index (χ1v) is 8.13. The predicted octanol–water partition coefficient (Wildman–Crippen LogP) is 4.37. The van der Waals surface area contributed by atoms with Crippen molar-refractivity contribution in [1.82, 2.24) is 0 Å². The van der Waals surface area contributed by atoms with Gasteiger partial charge in [-0.2, -0.15) is 0 Å². The number of nitrogens with one attached hydrogen (secondary N) is 1. The van der Waals surface area contributed by atoms with Gasteiger partial charge in [-0.15, -0.1) is 0 Å². The lowest BCUT2D eigenvalue weighted by molar-refractivity contribution is -0.131. The molecule has 2 aliphatic rings. The summed E-state index contributed by atoms with van der Waals surface area (Å²) in [5.41, 5.74) is 0.363. The SMILES string of the molecule is Cc1ccc(NC(=O)[C@@]23CC[C@](C)(C(=O)C2)C3(C)C)cc1Cl. The van der Waals surface area contributed by atoms with Crippen LogP contribution in [-0.2, 0) is 9.59 Å². The summed E-state index contributed by atoms with van der Waals surface area (Å²) in [6.07, 6.45) is 1.91. The standard InChI is InChI=1S/C18H22ClNO2/c1-11-5-6-12(9-13(11)19)20-15(22)18-8-7-17(4,14(21)10-18)16(18,2)3/h5-6,9H,7-8,10H2,1-4H3,(H,20,22)/t17-,18-/m1/s1. The van der Waals surface area contributed by atoms with E-state index in [9.17, 15) is 9.59 Å². The molecule has 0 unspecified atom stereocenters. The minimum Gasteiger partial charge on any atom is -0.326 e. The smallest absolute Gasteiger partial charge is 0.231 e. The van der Waals surface area contributed by atoms with Gasteiger partial charge in [0.1, 0.15) is 5.78 Å². The molecule has 2 fully saturated rings. The van der Waals surface area contributed by atoms with Crippen molar-refractivity contribution in [2.45, 2.75) is 47.0 Å². The minimum absolute atomic E-state index is 0.0491. The summed E-state index contributed by atoms with van der Waals surface area (Å²) >= 11 is 6.13. The van der Waals surface area contributed by atoms with Crippen LogP contribution in [0.25, 0.3) is 0 Å². The normalized spacial score (nSPS) is 32.3. The van der Waals surface area contributed by atoms with Gasteiger partial charge in [-0.1, -0.05) is 38.4 Å². The highest BCUT2D eigenvalue weighted by molar-refractivity contribution is 6.31. The van der Waals surface area contributed by atoms with E-state index in [-0.39, 0.29) is 22.5 Å². The first-order valence-electron chi connectivity index (χ1n) is 7.75. The molecule has 0 radical (unpaired) electrons. The van der Waals surface area contributed by atoms with Crippen molar-refractivity contribution in [3.05, 3.63) is 28.8 Å². The third-order valence-corrected chi connectivity index (χ3v) is 6.98. The Labute approximate surface area is 136 Å². The fourth-order valence-electron chi connectivity index (χ4n) is 4.28. The molecule has 1 amide bonds. The van der Waals surface area contributed by atoms with Gasteiger partial charge in [0.2, 0.25) is 5.91 Å². The summed E-state index contributed by atoms with van der Waals surface area (Å²) in [5.74, 6) is 0.174. The number of hydrogen-bond acceptors (Lipinski definition) is 2. The highest BCUT2D eigenvalue weighted by Gasteiger charge is 2.72. The summed E-state index contributed by atoms with van der Waals surface area (Å²) in [6, 6.07) is 5.51. The lowest BCUT2D eigenvalue weighted by atomic mass is 9.64. The number of benzene rings is 1. The maximum absolute atomic E-state index is 13.0. The Hall–Kier alpha value is -1.35. The largest absolute Gasteiger partial charge is 0.326 e. The molecule has 4 heteroatoms. The van der Waals surface area contributed by atoms with E-state index in [4.69, 9.17) is 11.6 Å². The first-order chi connectivity index (χ1) is 10.1. The number of anilines is 1. The van der Waals surface area contributed by atoms with Crippen molar-refractivity contribution in [1.29, 1.82) is 0 Å². The average Bonchev–Trinajstić information content (AvgIpc) is 2.73. The third-order valence-electron chi connectivity index (χ3n) is 6.57. The summed E-state index contributed by atoms with van der Waals surface area (Å²) in [6.45, 7) is 8.06. The molecule has 1 N–H and O–H groups in total. The zero-order valence-corrected chi connectivity index (χ0v) is 14.3. The van der Waals surface area contributed by atoms with Crippen molar-refractivity contribution in [3.63, 3.8) is 0 Å². The molecule has 2 aliphatic carbocycles.